The van der Waals surface area contributed by atoms with E-state index in [0.29, 0.717) is 12.2 Å². The highest BCUT2D eigenvalue weighted by molar-refractivity contribution is 5.74. The van der Waals surface area contributed by atoms with Crippen LogP contribution in [-0.4, -0.2) is 52.9 Å². The van der Waals surface area contributed by atoms with Gasteiger partial charge in [0.25, 0.3) is 0 Å². The van der Waals surface area contributed by atoms with Crippen LogP contribution < -0.4 is 10.6 Å². The number of nitrogens with one attached hydrogen (secondary N) is 2. The molecule has 0 spiro atoms. The maximum Gasteiger partial charge on any atom is 0.315 e. The number of hydrogen-bond donors (Lipinski definition) is 4. The summed E-state index contributed by atoms with van der Waals surface area (Å²) in [4.78, 5) is 14.4. The standard InChI is InChI=1S/C22H29N3O3/c26-20-8-4-7-18(14-20)16-25-11-9-19(10-12-25)24-22(28)23-15-21(27)13-17-5-2-1-3-6-17/h1-8,14,19,21,26-27H,9-13,15-16H2,(H2,23,24,28)/t21-/m0/s1. The Morgan fingerprint density at radius 2 is 1.79 bits per heavy atom. The van der Waals surface area contributed by atoms with Gasteiger partial charge in [0.1, 0.15) is 5.75 Å². The maximum atomic E-state index is 12.1. The Bertz CT molecular complexity index is 746. The number of phenols is 1. The second-order valence-electron chi connectivity index (χ2n) is 7.42. The number of benzene rings is 2. The van der Waals surface area contributed by atoms with Crippen LogP contribution in [-0.2, 0) is 13.0 Å². The Balaban J connectivity index is 1.33. The van der Waals surface area contributed by atoms with Crippen molar-refractivity contribution >= 4 is 6.03 Å². The maximum absolute atomic E-state index is 12.1. The van der Waals surface area contributed by atoms with Crippen molar-refractivity contribution in [3.05, 3.63) is 65.7 Å². The zero-order valence-electron chi connectivity index (χ0n) is 16.1. The number of phenolic OH excluding ortho intramolecular Hbond substituents is 1. The summed E-state index contributed by atoms with van der Waals surface area (Å²) in [6.07, 6.45) is 1.70. The lowest BCUT2D eigenvalue weighted by Crippen LogP contribution is -2.49. The van der Waals surface area contributed by atoms with Gasteiger partial charge in [0.15, 0.2) is 0 Å². The van der Waals surface area contributed by atoms with Gasteiger partial charge < -0.3 is 20.8 Å². The molecule has 3 rings (SSSR count). The number of aliphatic hydroxyl groups is 1. The fourth-order valence-corrected chi connectivity index (χ4v) is 3.55. The topological polar surface area (TPSA) is 84.8 Å². The molecule has 0 bridgehead atoms. The highest BCUT2D eigenvalue weighted by Gasteiger charge is 2.21. The van der Waals surface area contributed by atoms with Gasteiger partial charge in [0, 0.05) is 38.6 Å². The van der Waals surface area contributed by atoms with E-state index in [9.17, 15) is 15.0 Å². The summed E-state index contributed by atoms with van der Waals surface area (Å²) in [6.45, 7) is 2.84. The van der Waals surface area contributed by atoms with Gasteiger partial charge >= 0.3 is 6.03 Å². The molecule has 150 valence electrons. The van der Waals surface area contributed by atoms with E-state index in [1.807, 2.05) is 42.5 Å². The second kappa shape index (κ2) is 10.1. The molecule has 1 aliphatic rings. The number of aromatic hydroxyl groups is 1. The summed E-state index contributed by atoms with van der Waals surface area (Å²) in [5.41, 5.74) is 2.15. The van der Waals surface area contributed by atoms with Gasteiger partial charge in [-0.3, -0.25) is 4.90 Å². The second-order valence-corrected chi connectivity index (χ2v) is 7.42. The van der Waals surface area contributed by atoms with Crippen LogP contribution in [0.4, 0.5) is 4.79 Å². The number of aliphatic hydroxyl groups excluding tert-OH is 1. The van der Waals surface area contributed by atoms with Gasteiger partial charge in [-0.05, 0) is 36.1 Å². The molecule has 2 aromatic rings. The van der Waals surface area contributed by atoms with Crippen LogP contribution in [0.5, 0.6) is 5.75 Å². The third kappa shape index (κ3) is 6.55. The molecule has 6 nitrogen and oxygen atoms in total. The van der Waals surface area contributed by atoms with Crippen molar-refractivity contribution < 1.29 is 15.0 Å². The molecule has 0 unspecified atom stereocenters. The molecule has 0 aromatic heterocycles. The third-order valence-electron chi connectivity index (χ3n) is 5.05. The molecular formula is C22H29N3O3. The normalized spacial score (nSPS) is 16.5. The number of rotatable bonds is 7. The summed E-state index contributed by atoms with van der Waals surface area (Å²) in [5, 5.41) is 25.4. The van der Waals surface area contributed by atoms with Crippen molar-refractivity contribution in [3.63, 3.8) is 0 Å². The van der Waals surface area contributed by atoms with Crippen molar-refractivity contribution in [3.8, 4) is 5.75 Å². The Labute approximate surface area is 166 Å². The van der Waals surface area contributed by atoms with Crippen molar-refractivity contribution in [2.75, 3.05) is 19.6 Å². The highest BCUT2D eigenvalue weighted by atomic mass is 16.3. The molecule has 1 fully saturated rings. The van der Waals surface area contributed by atoms with Crippen LogP contribution in [0.2, 0.25) is 0 Å². The number of carbonyl (C=O) groups excluding carboxylic acids is 1. The number of urea groups is 1. The molecular weight excluding hydrogens is 354 g/mol. The lowest BCUT2D eigenvalue weighted by molar-refractivity contribution is 0.165. The van der Waals surface area contributed by atoms with E-state index >= 15 is 0 Å². The van der Waals surface area contributed by atoms with Crippen molar-refractivity contribution in [2.45, 2.75) is 38.0 Å². The summed E-state index contributed by atoms with van der Waals surface area (Å²) in [7, 11) is 0. The summed E-state index contributed by atoms with van der Waals surface area (Å²) < 4.78 is 0. The zero-order chi connectivity index (χ0) is 19.8. The van der Waals surface area contributed by atoms with Crippen LogP contribution in [0.1, 0.15) is 24.0 Å². The number of hydrogen-bond acceptors (Lipinski definition) is 4. The predicted molar refractivity (Wildman–Crippen MR) is 109 cm³/mol. The molecule has 1 atom stereocenters. The highest BCUT2D eigenvalue weighted by Crippen LogP contribution is 2.16. The van der Waals surface area contributed by atoms with Gasteiger partial charge in [-0.2, -0.15) is 0 Å². The molecule has 1 aliphatic heterocycles. The van der Waals surface area contributed by atoms with Crippen molar-refractivity contribution in [2.24, 2.45) is 0 Å². The zero-order valence-corrected chi connectivity index (χ0v) is 16.1. The molecule has 6 heteroatoms. The quantitative estimate of drug-likeness (QED) is 0.591. The Kier molecular flexibility index (Phi) is 7.28. The molecule has 1 heterocycles. The molecule has 1 saturated heterocycles. The first kappa shape index (κ1) is 20.2. The van der Waals surface area contributed by atoms with Gasteiger partial charge in [-0.15, -0.1) is 0 Å². The van der Waals surface area contributed by atoms with E-state index in [1.54, 1.807) is 12.1 Å². The minimum atomic E-state index is -0.600. The van der Waals surface area contributed by atoms with Crippen LogP contribution >= 0.6 is 0 Å². The van der Waals surface area contributed by atoms with E-state index in [0.717, 1.165) is 43.6 Å². The first-order valence-corrected chi connectivity index (χ1v) is 9.85. The molecule has 0 saturated carbocycles. The summed E-state index contributed by atoms with van der Waals surface area (Å²) >= 11 is 0. The fraction of sp³-hybridized carbons (Fsp3) is 0.409. The third-order valence-corrected chi connectivity index (χ3v) is 5.05. The number of piperidine rings is 1. The minimum Gasteiger partial charge on any atom is -0.508 e. The Hall–Kier alpha value is -2.57. The van der Waals surface area contributed by atoms with Crippen LogP contribution in [0.25, 0.3) is 0 Å². The van der Waals surface area contributed by atoms with Crippen molar-refractivity contribution in [1.82, 2.24) is 15.5 Å². The van der Waals surface area contributed by atoms with Gasteiger partial charge in [0.2, 0.25) is 0 Å². The average Bonchev–Trinajstić information content (AvgIpc) is 2.69. The lowest BCUT2D eigenvalue weighted by Gasteiger charge is -2.32. The monoisotopic (exact) mass is 383 g/mol. The first-order chi connectivity index (χ1) is 13.6. The number of carbonyl (C=O) groups is 1. The van der Waals surface area contributed by atoms with E-state index in [1.165, 1.54) is 0 Å². The number of likely N-dealkylation sites (tertiary alicyclic amines) is 1. The summed E-state index contributed by atoms with van der Waals surface area (Å²) in [5.74, 6) is 0.292. The fourth-order valence-electron chi connectivity index (χ4n) is 3.55. The Morgan fingerprint density at radius 3 is 2.50 bits per heavy atom. The SMILES string of the molecule is O=C(NC[C@@H](O)Cc1ccccc1)NC1CCN(Cc2cccc(O)c2)CC1. The molecule has 2 amide bonds. The van der Waals surface area contributed by atoms with Crippen LogP contribution in [0.3, 0.4) is 0 Å². The first-order valence-electron chi connectivity index (χ1n) is 9.85. The van der Waals surface area contributed by atoms with Crippen LogP contribution in [0, 0.1) is 0 Å². The summed E-state index contributed by atoms with van der Waals surface area (Å²) in [6, 6.07) is 17.0. The largest absolute Gasteiger partial charge is 0.508 e. The van der Waals surface area contributed by atoms with E-state index in [2.05, 4.69) is 15.5 Å². The van der Waals surface area contributed by atoms with Crippen molar-refractivity contribution in [1.29, 1.82) is 0 Å². The Morgan fingerprint density at radius 1 is 1.07 bits per heavy atom. The van der Waals surface area contributed by atoms with Gasteiger partial charge in [0.05, 0.1) is 6.10 Å². The molecule has 4 N–H and O–H groups in total. The molecule has 28 heavy (non-hydrogen) atoms. The smallest absolute Gasteiger partial charge is 0.315 e. The van der Waals surface area contributed by atoms with Gasteiger partial charge in [-0.1, -0.05) is 42.5 Å². The molecule has 0 radical (unpaired) electrons. The van der Waals surface area contributed by atoms with E-state index in [-0.39, 0.29) is 18.6 Å². The molecule has 2 aromatic carbocycles. The predicted octanol–water partition coefficient (Wildman–Crippen LogP) is 2.26. The number of nitrogens with zero attached hydrogens (tertiary/aromatic N) is 1. The lowest BCUT2D eigenvalue weighted by atomic mass is 10.0. The molecule has 0 aliphatic carbocycles. The number of amides is 2. The van der Waals surface area contributed by atoms with Gasteiger partial charge in [-0.25, -0.2) is 4.79 Å². The van der Waals surface area contributed by atoms with E-state index in [4.69, 9.17) is 0 Å². The van der Waals surface area contributed by atoms with E-state index < -0.39 is 6.10 Å². The van der Waals surface area contributed by atoms with Crippen LogP contribution in [0.15, 0.2) is 54.6 Å². The average molecular weight is 383 g/mol. The minimum absolute atomic E-state index is 0.145.